The second kappa shape index (κ2) is 6.46. The van der Waals surface area contributed by atoms with E-state index in [0.29, 0.717) is 10.1 Å². The molecule has 0 bridgehead atoms. The van der Waals surface area contributed by atoms with Crippen molar-refractivity contribution < 1.29 is 9.72 Å². The Balaban J connectivity index is 2.05. The van der Waals surface area contributed by atoms with Crippen molar-refractivity contribution >= 4 is 50.3 Å². The van der Waals surface area contributed by atoms with Crippen LogP contribution >= 0.6 is 22.9 Å². The molecule has 7 heteroatoms. The number of rotatable bonds is 3. The number of aryl methyl sites for hydroxylation is 3. The maximum atomic E-state index is 12.7. The highest BCUT2D eigenvalue weighted by Gasteiger charge is 2.23. The predicted octanol–water partition coefficient (Wildman–Crippen LogP) is 5.64. The lowest BCUT2D eigenvalue weighted by atomic mass is 10.1. The van der Waals surface area contributed by atoms with E-state index in [1.54, 1.807) is 12.1 Å². The zero-order chi connectivity index (χ0) is 18.3. The Morgan fingerprint density at radius 3 is 2.44 bits per heavy atom. The lowest BCUT2D eigenvalue weighted by Gasteiger charge is -2.12. The van der Waals surface area contributed by atoms with E-state index in [1.807, 2.05) is 32.9 Å². The number of nitro groups is 1. The first-order valence-electron chi connectivity index (χ1n) is 7.54. The third-order valence-electron chi connectivity index (χ3n) is 3.95. The number of thiophene rings is 1. The first-order chi connectivity index (χ1) is 11.8. The van der Waals surface area contributed by atoms with E-state index < -0.39 is 4.92 Å². The standard InChI is InChI=1S/C18H15ClN2O3S/c1-9-7-10(2)15(11(3)8-9)20-18(22)17-14(19)12-5-4-6-13(21(23)24)16(12)25-17/h4-8H,1-3H3,(H,20,22). The summed E-state index contributed by atoms with van der Waals surface area (Å²) >= 11 is 7.36. The van der Waals surface area contributed by atoms with Crippen LogP contribution in [-0.2, 0) is 0 Å². The van der Waals surface area contributed by atoms with Crippen molar-refractivity contribution in [2.45, 2.75) is 20.8 Å². The highest BCUT2D eigenvalue weighted by Crippen LogP contribution is 2.40. The fraction of sp³-hybridized carbons (Fsp3) is 0.167. The van der Waals surface area contributed by atoms with Crippen LogP contribution in [-0.4, -0.2) is 10.8 Å². The maximum absolute atomic E-state index is 12.7. The van der Waals surface area contributed by atoms with Gasteiger partial charge in [0.15, 0.2) is 0 Å². The van der Waals surface area contributed by atoms with Crippen LogP contribution in [0.3, 0.4) is 0 Å². The van der Waals surface area contributed by atoms with E-state index in [9.17, 15) is 14.9 Å². The molecule has 1 amide bonds. The SMILES string of the molecule is Cc1cc(C)c(NC(=O)c2sc3c([N+](=O)[O-])cccc3c2Cl)c(C)c1. The molecule has 3 rings (SSSR count). The number of carbonyl (C=O) groups is 1. The first-order valence-corrected chi connectivity index (χ1v) is 8.73. The summed E-state index contributed by atoms with van der Waals surface area (Å²) in [5.74, 6) is -0.365. The average Bonchev–Trinajstić information content (AvgIpc) is 2.88. The van der Waals surface area contributed by atoms with E-state index in [2.05, 4.69) is 5.32 Å². The number of non-ortho nitro benzene ring substituents is 1. The number of amides is 1. The molecular weight excluding hydrogens is 360 g/mol. The molecule has 0 unspecified atom stereocenters. The largest absolute Gasteiger partial charge is 0.321 e. The number of benzene rings is 2. The monoisotopic (exact) mass is 374 g/mol. The summed E-state index contributed by atoms with van der Waals surface area (Å²) in [6, 6.07) is 8.63. The van der Waals surface area contributed by atoms with Gasteiger partial charge in [0, 0.05) is 17.1 Å². The Morgan fingerprint density at radius 1 is 1.20 bits per heavy atom. The fourth-order valence-electron chi connectivity index (χ4n) is 2.91. The van der Waals surface area contributed by atoms with Crippen LogP contribution in [0.4, 0.5) is 11.4 Å². The van der Waals surface area contributed by atoms with Gasteiger partial charge in [-0.05, 0) is 31.9 Å². The molecule has 0 atom stereocenters. The molecule has 3 aromatic rings. The summed E-state index contributed by atoms with van der Waals surface area (Å²) in [5, 5.41) is 14.8. The smallest absolute Gasteiger partial charge is 0.287 e. The van der Waals surface area contributed by atoms with Gasteiger partial charge < -0.3 is 5.32 Å². The van der Waals surface area contributed by atoms with Crippen molar-refractivity contribution in [1.82, 2.24) is 0 Å². The molecule has 0 aliphatic carbocycles. The van der Waals surface area contributed by atoms with Crippen LogP contribution < -0.4 is 5.32 Å². The fourth-order valence-corrected chi connectivity index (χ4v) is 4.40. The van der Waals surface area contributed by atoms with Crippen molar-refractivity contribution in [3.63, 3.8) is 0 Å². The molecule has 128 valence electrons. The highest BCUT2D eigenvalue weighted by atomic mass is 35.5. The summed E-state index contributed by atoms with van der Waals surface area (Å²) in [4.78, 5) is 23.7. The van der Waals surface area contributed by atoms with Gasteiger partial charge in [-0.15, -0.1) is 11.3 Å². The Kier molecular flexibility index (Phi) is 4.49. The zero-order valence-electron chi connectivity index (χ0n) is 13.8. The summed E-state index contributed by atoms with van der Waals surface area (Å²) in [6.45, 7) is 5.84. The van der Waals surface area contributed by atoms with E-state index in [1.165, 1.54) is 6.07 Å². The van der Waals surface area contributed by atoms with Gasteiger partial charge in [-0.2, -0.15) is 0 Å². The number of halogens is 1. The number of hydrogen-bond acceptors (Lipinski definition) is 4. The third kappa shape index (κ3) is 3.10. The molecule has 1 heterocycles. The minimum Gasteiger partial charge on any atom is -0.321 e. The Hall–Kier alpha value is -2.44. The van der Waals surface area contributed by atoms with Gasteiger partial charge in [-0.25, -0.2) is 0 Å². The molecule has 25 heavy (non-hydrogen) atoms. The summed E-state index contributed by atoms with van der Waals surface area (Å²) < 4.78 is 0.403. The second-order valence-electron chi connectivity index (χ2n) is 5.88. The van der Waals surface area contributed by atoms with E-state index in [4.69, 9.17) is 11.6 Å². The van der Waals surface area contributed by atoms with Gasteiger partial charge in [-0.1, -0.05) is 41.4 Å². The second-order valence-corrected chi connectivity index (χ2v) is 7.28. The van der Waals surface area contributed by atoms with Crippen LogP contribution in [0.1, 0.15) is 26.4 Å². The van der Waals surface area contributed by atoms with Crippen molar-refractivity contribution in [3.05, 3.63) is 67.0 Å². The minimum absolute atomic E-state index is 0.0499. The lowest BCUT2D eigenvalue weighted by molar-refractivity contribution is -0.382. The number of anilines is 1. The minimum atomic E-state index is -0.467. The molecule has 0 aliphatic rings. The van der Waals surface area contributed by atoms with Crippen LogP contribution in [0.5, 0.6) is 0 Å². The molecule has 0 radical (unpaired) electrons. The number of nitrogens with one attached hydrogen (secondary N) is 1. The number of hydrogen-bond donors (Lipinski definition) is 1. The number of carbonyl (C=O) groups excluding carboxylic acids is 1. The highest BCUT2D eigenvalue weighted by molar-refractivity contribution is 7.22. The average molecular weight is 375 g/mol. The molecule has 0 fully saturated rings. The van der Waals surface area contributed by atoms with E-state index in [0.717, 1.165) is 33.7 Å². The van der Waals surface area contributed by atoms with Gasteiger partial charge >= 0.3 is 0 Å². The lowest BCUT2D eigenvalue weighted by Crippen LogP contribution is -2.13. The molecule has 0 saturated heterocycles. The van der Waals surface area contributed by atoms with Crippen molar-refractivity contribution in [3.8, 4) is 0 Å². The molecular formula is C18H15ClN2O3S. The van der Waals surface area contributed by atoms with Crippen LogP contribution in [0, 0.1) is 30.9 Å². The molecule has 1 aromatic heterocycles. The molecule has 2 aromatic carbocycles. The zero-order valence-corrected chi connectivity index (χ0v) is 15.4. The Bertz CT molecular complexity index is 1000. The number of nitro benzene ring substituents is 1. The van der Waals surface area contributed by atoms with Gasteiger partial charge in [0.1, 0.15) is 9.58 Å². The summed E-state index contributed by atoms with van der Waals surface area (Å²) in [7, 11) is 0. The van der Waals surface area contributed by atoms with Crippen LogP contribution in [0.2, 0.25) is 5.02 Å². The summed E-state index contributed by atoms with van der Waals surface area (Å²) in [5.41, 5.74) is 3.71. The van der Waals surface area contributed by atoms with Crippen molar-refractivity contribution in [1.29, 1.82) is 0 Å². The van der Waals surface area contributed by atoms with Crippen molar-refractivity contribution in [2.75, 3.05) is 5.32 Å². The molecule has 0 spiro atoms. The van der Waals surface area contributed by atoms with Gasteiger partial charge in [0.2, 0.25) is 0 Å². The molecule has 1 N–H and O–H groups in total. The maximum Gasteiger partial charge on any atom is 0.287 e. The van der Waals surface area contributed by atoms with E-state index >= 15 is 0 Å². The first kappa shape index (κ1) is 17.4. The van der Waals surface area contributed by atoms with Crippen molar-refractivity contribution in [2.24, 2.45) is 0 Å². The van der Waals surface area contributed by atoms with Crippen LogP contribution in [0.25, 0.3) is 10.1 Å². The van der Waals surface area contributed by atoms with Gasteiger partial charge in [-0.3, -0.25) is 14.9 Å². The van der Waals surface area contributed by atoms with Crippen LogP contribution in [0.15, 0.2) is 30.3 Å². The Morgan fingerprint density at radius 2 is 1.84 bits per heavy atom. The van der Waals surface area contributed by atoms with Gasteiger partial charge in [0.05, 0.1) is 9.95 Å². The topological polar surface area (TPSA) is 72.2 Å². The molecule has 0 saturated carbocycles. The normalized spacial score (nSPS) is 10.9. The van der Waals surface area contributed by atoms with E-state index in [-0.39, 0.29) is 21.5 Å². The third-order valence-corrected chi connectivity index (χ3v) is 5.68. The predicted molar refractivity (Wildman–Crippen MR) is 102 cm³/mol. The Labute approximate surface area is 153 Å². The molecule has 0 aliphatic heterocycles. The van der Waals surface area contributed by atoms with Gasteiger partial charge in [0.25, 0.3) is 11.6 Å². The quantitative estimate of drug-likeness (QED) is 0.476. The number of nitrogens with zero attached hydrogens (tertiary/aromatic N) is 1. The number of fused-ring (bicyclic) bond motifs is 1. The molecule has 5 nitrogen and oxygen atoms in total. The summed E-state index contributed by atoms with van der Waals surface area (Å²) in [6.07, 6.45) is 0.